The van der Waals surface area contributed by atoms with Gasteiger partial charge < -0.3 is 10.0 Å². The monoisotopic (exact) mass is 298 g/mol. The summed E-state index contributed by atoms with van der Waals surface area (Å²) < 4.78 is 1.12. The number of halogens is 1. The molecule has 4 heteroatoms. The Balaban J connectivity index is 2.20. The van der Waals surface area contributed by atoms with E-state index in [0.717, 1.165) is 24.0 Å². The van der Waals surface area contributed by atoms with Crippen LogP contribution in [0.15, 0.2) is 28.7 Å². The van der Waals surface area contributed by atoms with E-state index in [9.17, 15) is 5.11 Å². The molecule has 0 aromatic heterocycles. The van der Waals surface area contributed by atoms with Crippen LogP contribution in [0, 0.1) is 0 Å². The summed E-state index contributed by atoms with van der Waals surface area (Å²) in [4.78, 5) is 4.48. The van der Waals surface area contributed by atoms with Gasteiger partial charge in [0.05, 0.1) is 17.8 Å². The number of para-hydroxylation sites is 1. The van der Waals surface area contributed by atoms with Crippen molar-refractivity contribution in [2.24, 2.45) is 0 Å². The molecule has 0 bridgehead atoms. The molecule has 1 fully saturated rings. The van der Waals surface area contributed by atoms with E-state index in [-0.39, 0.29) is 12.1 Å². The summed E-state index contributed by atoms with van der Waals surface area (Å²) in [6, 6.07) is 8.25. The van der Waals surface area contributed by atoms with Crippen LogP contribution in [-0.2, 0) is 0 Å². The minimum absolute atomic E-state index is 0.102. The van der Waals surface area contributed by atoms with E-state index in [4.69, 9.17) is 0 Å². The van der Waals surface area contributed by atoms with Crippen LogP contribution in [0.2, 0.25) is 0 Å². The predicted molar refractivity (Wildman–Crippen MR) is 74.5 cm³/mol. The standard InChI is InChI=1S/C13H19BrN2O/c1-15(2)13(10-17)7-8-16(9-13)12-6-4-3-5-11(12)14/h3-6,17H,7-10H2,1-2H3. The number of hydrogen-bond acceptors (Lipinski definition) is 3. The molecule has 0 saturated carbocycles. The third-order valence-electron chi connectivity index (χ3n) is 3.77. The quantitative estimate of drug-likeness (QED) is 0.924. The van der Waals surface area contributed by atoms with Gasteiger partial charge in [-0.25, -0.2) is 0 Å². The van der Waals surface area contributed by atoms with Crippen molar-refractivity contribution in [2.45, 2.75) is 12.0 Å². The maximum atomic E-state index is 9.64. The average molecular weight is 299 g/mol. The predicted octanol–water partition coefficient (Wildman–Crippen LogP) is 1.95. The number of nitrogens with zero attached hydrogens (tertiary/aromatic N) is 2. The van der Waals surface area contributed by atoms with Gasteiger partial charge in [-0.1, -0.05) is 12.1 Å². The van der Waals surface area contributed by atoms with Crippen molar-refractivity contribution >= 4 is 21.6 Å². The van der Waals surface area contributed by atoms with Crippen LogP contribution in [0.25, 0.3) is 0 Å². The number of anilines is 1. The van der Waals surface area contributed by atoms with Crippen molar-refractivity contribution in [1.29, 1.82) is 0 Å². The molecule has 0 aliphatic carbocycles. The normalized spacial score (nSPS) is 24.6. The van der Waals surface area contributed by atoms with Crippen LogP contribution in [0.3, 0.4) is 0 Å². The molecule has 94 valence electrons. The van der Waals surface area contributed by atoms with Crippen molar-refractivity contribution < 1.29 is 5.11 Å². The minimum Gasteiger partial charge on any atom is -0.394 e. The summed E-state index contributed by atoms with van der Waals surface area (Å²) in [6.45, 7) is 2.07. The number of hydrogen-bond donors (Lipinski definition) is 1. The van der Waals surface area contributed by atoms with E-state index >= 15 is 0 Å². The van der Waals surface area contributed by atoms with Gasteiger partial charge in [0.15, 0.2) is 0 Å². The second-order valence-corrected chi connectivity index (χ2v) is 5.75. The van der Waals surface area contributed by atoms with Gasteiger partial charge in [0.1, 0.15) is 0 Å². The van der Waals surface area contributed by atoms with Gasteiger partial charge in [-0.05, 0) is 48.6 Å². The summed E-state index contributed by atoms with van der Waals surface area (Å²) in [5.74, 6) is 0. The van der Waals surface area contributed by atoms with E-state index in [2.05, 4.69) is 43.9 Å². The highest BCUT2D eigenvalue weighted by Gasteiger charge is 2.39. The molecule has 0 spiro atoms. The zero-order valence-electron chi connectivity index (χ0n) is 10.4. The topological polar surface area (TPSA) is 26.7 Å². The van der Waals surface area contributed by atoms with Crippen LogP contribution < -0.4 is 4.90 Å². The first kappa shape index (κ1) is 12.9. The first-order valence-corrected chi connectivity index (χ1v) is 6.66. The molecule has 1 aromatic rings. The summed E-state index contributed by atoms with van der Waals surface area (Å²) >= 11 is 3.59. The molecular weight excluding hydrogens is 280 g/mol. The number of aliphatic hydroxyl groups is 1. The fourth-order valence-corrected chi connectivity index (χ4v) is 2.94. The van der Waals surface area contributed by atoms with Crippen molar-refractivity contribution in [3.63, 3.8) is 0 Å². The van der Waals surface area contributed by atoms with Gasteiger partial charge in [0, 0.05) is 17.6 Å². The molecule has 0 amide bonds. The number of rotatable bonds is 3. The molecule has 1 N–H and O–H groups in total. The average Bonchev–Trinajstić information content (AvgIpc) is 2.75. The van der Waals surface area contributed by atoms with Crippen LogP contribution in [-0.4, -0.2) is 49.3 Å². The number of likely N-dealkylation sites (N-methyl/N-ethyl adjacent to an activating group) is 1. The van der Waals surface area contributed by atoms with E-state index in [0.29, 0.717) is 0 Å². The molecule has 1 saturated heterocycles. The molecule has 1 aliphatic heterocycles. The zero-order chi connectivity index (χ0) is 12.5. The SMILES string of the molecule is CN(C)C1(CO)CCN(c2ccccc2Br)C1. The Hall–Kier alpha value is -0.580. The van der Waals surface area contributed by atoms with E-state index in [1.165, 1.54) is 5.69 Å². The Bertz CT molecular complexity index is 397. The molecule has 2 rings (SSSR count). The Morgan fingerprint density at radius 2 is 2.12 bits per heavy atom. The van der Waals surface area contributed by atoms with Crippen molar-refractivity contribution in [1.82, 2.24) is 4.90 Å². The molecule has 1 aliphatic rings. The number of benzene rings is 1. The van der Waals surface area contributed by atoms with Crippen LogP contribution in [0.1, 0.15) is 6.42 Å². The van der Waals surface area contributed by atoms with Gasteiger partial charge in [0.25, 0.3) is 0 Å². The lowest BCUT2D eigenvalue weighted by molar-refractivity contribution is 0.0867. The highest BCUT2D eigenvalue weighted by molar-refractivity contribution is 9.10. The molecule has 1 unspecified atom stereocenters. The van der Waals surface area contributed by atoms with Crippen molar-refractivity contribution in [3.8, 4) is 0 Å². The Morgan fingerprint density at radius 3 is 2.65 bits per heavy atom. The first-order chi connectivity index (χ1) is 8.09. The highest BCUT2D eigenvalue weighted by atomic mass is 79.9. The van der Waals surface area contributed by atoms with Gasteiger partial charge in [-0.3, -0.25) is 4.90 Å². The van der Waals surface area contributed by atoms with E-state index in [1.807, 2.05) is 20.2 Å². The maximum absolute atomic E-state index is 9.64. The summed E-state index contributed by atoms with van der Waals surface area (Å²) in [5.41, 5.74) is 1.11. The van der Waals surface area contributed by atoms with Crippen molar-refractivity contribution in [2.75, 3.05) is 38.7 Å². The molecule has 0 radical (unpaired) electrons. The van der Waals surface area contributed by atoms with E-state index in [1.54, 1.807) is 0 Å². The Kier molecular flexibility index (Phi) is 3.76. The zero-order valence-corrected chi connectivity index (χ0v) is 11.9. The molecule has 17 heavy (non-hydrogen) atoms. The van der Waals surface area contributed by atoms with Gasteiger partial charge in [-0.15, -0.1) is 0 Å². The number of aliphatic hydroxyl groups excluding tert-OH is 1. The second kappa shape index (κ2) is 4.96. The smallest absolute Gasteiger partial charge is 0.0633 e. The van der Waals surface area contributed by atoms with Crippen LogP contribution in [0.5, 0.6) is 0 Å². The molecule has 3 nitrogen and oxygen atoms in total. The molecule has 1 atom stereocenters. The van der Waals surface area contributed by atoms with Crippen LogP contribution >= 0.6 is 15.9 Å². The van der Waals surface area contributed by atoms with Gasteiger partial charge in [-0.2, -0.15) is 0 Å². The third-order valence-corrected chi connectivity index (χ3v) is 4.44. The summed E-state index contributed by atoms with van der Waals surface area (Å²) in [7, 11) is 4.08. The highest BCUT2D eigenvalue weighted by Crippen LogP contribution is 2.33. The lowest BCUT2D eigenvalue weighted by Gasteiger charge is -2.34. The fourth-order valence-electron chi connectivity index (χ4n) is 2.41. The lowest BCUT2D eigenvalue weighted by Crippen LogP contribution is -2.49. The maximum Gasteiger partial charge on any atom is 0.0633 e. The minimum atomic E-state index is -0.102. The summed E-state index contributed by atoms with van der Waals surface area (Å²) in [6.07, 6.45) is 0.998. The summed E-state index contributed by atoms with van der Waals surface area (Å²) in [5, 5.41) is 9.64. The molecule has 1 aromatic carbocycles. The second-order valence-electron chi connectivity index (χ2n) is 4.90. The third kappa shape index (κ3) is 2.34. The van der Waals surface area contributed by atoms with Crippen LogP contribution in [0.4, 0.5) is 5.69 Å². The fraction of sp³-hybridized carbons (Fsp3) is 0.538. The van der Waals surface area contributed by atoms with E-state index < -0.39 is 0 Å². The Labute approximate surface area is 111 Å². The van der Waals surface area contributed by atoms with Crippen molar-refractivity contribution in [3.05, 3.63) is 28.7 Å². The molecule has 1 heterocycles. The largest absolute Gasteiger partial charge is 0.394 e. The first-order valence-electron chi connectivity index (χ1n) is 5.87. The molecular formula is C13H19BrN2O. The van der Waals surface area contributed by atoms with Gasteiger partial charge in [0.2, 0.25) is 0 Å². The van der Waals surface area contributed by atoms with Gasteiger partial charge >= 0.3 is 0 Å². The lowest BCUT2D eigenvalue weighted by atomic mass is 9.99. The Morgan fingerprint density at radius 1 is 1.41 bits per heavy atom.